The van der Waals surface area contributed by atoms with Crippen LogP contribution in [0.5, 0.6) is 0 Å². The van der Waals surface area contributed by atoms with E-state index < -0.39 is 5.54 Å². The van der Waals surface area contributed by atoms with Gasteiger partial charge in [0.2, 0.25) is 0 Å². The number of likely N-dealkylation sites (tertiary alicyclic amines) is 1. The molecule has 3 atom stereocenters. The molecule has 1 saturated heterocycles. The van der Waals surface area contributed by atoms with Crippen molar-refractivity contribution in [1.29, 1.82) is 0 Å². The van der Waals surface area contributed by atoms with E-state index in [9.17, 15) is 4.79 Å². The molecule has 0 amide bonds. The first kappa shape index (κ1) is 15.8. The molecular weight excluding hydrogens is 252 g/mol. The fraction of sp³-hybridized carbons (Fsp3) is 0.938. The van der Waals surface area contributed by atoms with Crippen molar-refractivity contribution in [3.63, 3.8) is 0 Å². The zero-order valence-electron chi connectivity index (χ0n) is 13.4. The fourth-order valence-corrected chi connectivity index (χ4v) is 4.00. The van der Waals surface area contributed by atoms with E-state index in [-0.39, 0.29) is 5.97 Å². The van der Waals surface area contributed by atoms with E-state index in [1.807, 2.05) is 6.92 Å². The highest BCUT2D eigenvalue weighted by Crippen LogP contribution is 2.37. The number of esters is 1. The van der Waals surface area contributed by atoms with E-state index in [4.69, 9.17) is 4.74 Å². The summed E-state index contributed by atoms with van der Waals surface area (Å²) in [6.45, 7) is 10.1. The summed E-state index contributed by atoms with van der Waals surface area (Å²) < 4.78 is 5.35. The Labute approximate surface area is 123 Å². The average Bonchev–Trinajstić information content (AvgIpc) is 2.96. The largest absolute Gasteiger partial charge is 0.465 e. The molecule has 20 heavy (non-hydrogen) atoms. The van der Waals surface area contributed by atoms with Gasteiger partial charge in [-0.2, -0.15) is 0 Å². The lowest BCUT2D eigenvalue weighted by Gasteiger charge is -2.33. The van der Waals surface area contributed by atoms with E-state index in [2.05, 4.69) is 31.0 Å². The predicted molar refractivity (Wildman–Crippen MR) is 80.7 cm³/mol. The Balaban J connectivity index is 2.08. The van der Waals surface area contributed by atoms with Crippen LogP contribution in [0.1, 0.15) is 59.8 Å². The highest BCUT2D eigenvalue weighted by Gasteiger charge is 2.49. The summed E-state index contributed by atoms with van der Waals surface area (Å²) in [7, 11) is 0. The molecule has 2 aliphatic rings. The summed E-state index contributed by atoms with van der Waals surface area (Å²) in [5.74, 6) is -0.0527. The van der Waals surface area contributed by atoms with Crippen molar-refractivity contribution in [3.8, 4) is 0 Å². The van der Waals surface area contributed by atoms with Crippen LogP contribution in [0.25, 0.3) is 0 Å². The number of rotatable bonds is 5. The molecule has 0 bridgehead atoms. The lowest BCUT2D eigenvalue weighted by atomic mass is 9.96. The molecule has 116 valence electrons. The number of carbonyl (C=O) groups is 1. The normalized spacial score (nSPS) is 34.9. The molecule has 4 nitrogen and oxygen atoms in total. The molecule has 2 rings (SSSR count). The first-order valence-electron chi connectivity index (χ1n) is 8.19. The third kappa shape index (κ3) is 3.17. The molecule has 4 heteroatoms. The van der Waals surface area contributed by atoms with E-state index in [0.717, 1.165) is 19.3 Å². The molecule has 0 aromatic heterocycles. The van der Waals surface area contributed by atoms with Crippen LogP contribution in [0, 0.1) is 0 Å². The van der Waals surface area contributed by atoms with Crippen LogP contribution in [0.15, 0.2) is 0 Å². The fourth-order valence-electron chi connectivity index (χ4n) is 4.00. The van der Waals surface area contributed by atoms with Crippen molar-refractivity contribution >= 4 is 5.97 Å². The summed E-state index contributed by atoms with van der Waals surface area (Å²) in [6.07, 6.45) is 5.48. The molecule has 2 fully saturated rings. The summed E-state index contributed by atoms with van der Waals surface area (Å²) in [5, 5.41) is 3.51. The minimum absolute atomic E-state index is 0.0527. The smallest absolute Gasteiger partial charge is 0.326 e. The Bertz CT molecular complexity index is 345. The van der Waals surface area contributed by atoms with Crippen LogP contribution in [-0.4, -0.2) is 47.7 Å². The van der Waals surface area contributed by atoms with Gasteiger partial charge in [0.1, 0.15) is 5.54 Å². The number of hydrogen-bond acceptors (Lipinski definition) is 4. The first-order chi connectivity index (χ1) is 9.48. The van der Waals surface area contributed by atoms with Gasteiger partial charge in [-0.05, 0) is 66.3 Å². The van der Waals surface area contributed by atoms with Gasteiger partial charge >= 0.3 is 5.97 Å². The molecule has 1 aliphatic heterocycles. The first-order valence-corrected chi connectivity index (χ1v) is 8.19. The third-order valence-electron chi connectivity index (χ3n) is 4.79. The minimum Gasteiger partial charge on any atom is -0.465 e. The van der Waals surface area contributed by atoms with Crippen molar-refractivity contribution in [2.75, 3.05) is 13.2 Å². The second-order valence-corrected chi connectivity index (χ2v) is 6.73. The summed E-state index contributed by atoms with van der Waals surface area (Å²) in [4.78, 5) is 15.0. The van der Waals surface area contributed by atoms with Crippen molar-refractivity contribution in [2.24, 2.45) is 0 Å². The third-order valence-corrected chi connectivity index (χ3v) is 4.79. The lowest BCUT2D eigenvalue weighted by Crippen LogP contribution is -2.54. The van der Waals surface area contributed by atoms with E-state index >= 15 is 0 Å². The molecule has 0 aromatic carbocycles. The van der Waals surface area contributed by atoms with E-state index in [1.165, 1.54) is 19.4 Å². The monoisotopic (exact) mass is 282 g/mol. The van der Waals surface area contributed by atoms with Crippen LogP contribution in [0.4, 0.5) is 0 Å². The number of nitrogens with zero attached hydrogens (tertiary/aromatic N) is 1. The number of ether oxygens (including phenoxy) is 1. The Kier molecular flexibility index (Phi) is 5.08. The SMILES string of the molecule is CCOC(=O)C1(NC(C)C)CCC(N2CCCC2C)C1. The van der Waals surface area contributed by atoms with Gasteiger partial charge in [0, 0.05) is 18.1 Å². The van der Waals surface area contributed by atoms with Crippen LogP contribution in [-0.2, 0) is 9.53 Å². The highest BCUT2D eigenvalue weighted by molar-refractivity contribution is 5.81. The second-order valence-electron chi connectivity index (χ2n) is 6.73. The number of nitrogens with one attached hydrogen (secondary N) is 1. The maximum absolute atomic E-state index is 12.4. The van der Waals surface area contributed by atoms with Crippen LogP contribution in [0.2, 0.25) is 0 Å². The maximum Gasteiger partial charge on any atom is 0.326 e. The zero-order valence-corrected chi connectivity index (χ0v) is 13.4. The summed E-state index contributed by atoms with van der Waals surface area (Å²) in [5.41, 5.74) is -0.461. The van der Waals surface area contributed by atoms with E-state index in [1.54, 1.807) is 0 Å². The molecule has 1 N–H and O–H groups in total. The summed E-state index contributed by atoms with van der Waals surface area (Å²) >= 11 is 0. The summed E-state index contributed by atoms with van der Waals surface area (Å²) in [6, 6.07) is 1.49. The molecule has 1 heterocycles. The Morgan fingerprint density at radius 1 is 1.45 bits per heavy atom. The lowest BCUT2D eigenvalue weighted by molar-refractivity contribution is -0.151. The van der Waals surface area contributed by atoms with Gasteiger partial charge in [-0.25, -0.2) is 0 Å². The second kappa shape index (κ2) is 6.44. The topological polar surface area (TPSA) is 41.6 Å². The molecule has 3 unspecified atom stereocenters. The Morgan fingerprint density at radius 3 is 2.75 bits per heavy atom. The maximum atomic E-state index is 12.4. The predicted octanol–water partition coefficient (Wildman–Crippen LogP) is 2.32. The standard InChI is InChI=1S/C16H30N2O2/c1-5-20-15(19)16(17-12(2)3)9-8-14(11-16)18-10-6-7-13(18)4/h12-14,17H,5-11H2,1-4H3. The molecular formula is C16H30N2O2. The number of carbonyl (C=O) groups excluding carboxylic acids is 1. The van der Waals surface area contributed by atoms with Gasteiger partial charge in [0.05, 0.1) is 6.61 Å². The molecule has 0 radical (unpaired) electrons. The van der Waals surface area contributed by atoms with Gasteiger partial charge in [0.15, 0.2) is 0 Å². The molecule has 1 saturated carbocycles. The van der Waals surface area contributed by atoms with E-state index in [0.29, 0.717) is 24.7 Å². The minimum atomic E-state index is -0.461. The van der Waals surface area contributed by atoms with Crippen LogP contribution >= 0.6 is 0 Å². The van der Waals surface area contributed by atoms with Crippen molar-refractivity contribution in [1.82, 2.24) is 10.2 Å². The molecule has 0 aromatic rings. The zero-order chi connectivity index (χ0) is 14.8. The Morgan fingerprint density at radius 2 is 2.20 bits per heavy atom. The van der Waals surface area contributed by atoms with Crippen molar-refractivity contribution < 1.29 is 9.53 Å². The average molecular weight is 282 g/mol. The van der Waals surface area contributed by atoms with Gasteiger partial charge in [-0.3, -0.25) is 15.0 Å². The van der Waals surface area contributed by atoms with Crippen LogP contribution < -0.4 is 5.32 Å². The van der Waals surface area contributed by atoms with Gasteiger partial charge in [0.25, 0.3) is 0 Å². The quantitative estimate of drug-likeness (QED) is 0.786. The van der Waals surface area contributed by atoms with Gasteiger partial charge in [-0.1, -0.05) is 0 Å². The van der Waals surface area contributed by atoms with Gasteiger partial charge in [-0.15, -0.1) is 0 Å². The molecule has 0 spiro atoms. The molecule has 1 aliphatic carbocycles. The van der Waals surface area contributed by atoms with Crippen molar-refractivity contribution in [3.05, 3.63) is 0 Å². The van der Waals surface area contributed by atoms with Crippen LogP contribution in [0.3, 0.4) is 0 Å². The number of hydrogen-bond donors (Lipinski definition) is 1. The Hall–Kier alpha value is -0.610. The highest BCUT2D eigenvalue weighted by atomic mass is 16.5. The van der Waals surface area contributed by atoms with Gasteiger partial charge < -0.3 is 4.74 Å². The van der Waals surface area contributed by atoms with Crippen molar-refractivity contribution in [2.45, 2.75) is 83.5 Å².